The Bertz CT molecular complexity index is 1480. The fourth-order valence-electron chi connectivity index (χ4n) is 3.84. The van der Waals surface area contributed by atoms with Crippen LogP contribution in [0.25, 0.3) is 28.0 Å². The van der Waals surface area contributed by atoms with Crippen LogP contribution in [0, 0.1) is 0 Å². The maximum absolute atomic E-state index is 10.9. The highest BCUT2D eigenvalue weighted by molar-refractivity contribution is 9.10. The van der Waals surface area contributed by atoms with E-state index in [1.165, 1.54) is 0 Å². The molecule has 0 saturated carbocycles. The first-order valence-electron chi connectivity index (χ1n) is 10.6. The first-order chi connectivity index (χ1) is 16.5. The van der Waals surface area contributed by atoms with Gasteiger partial charge in [0.1, 0.15) is 5.82 Å². The Labute approximate surface area is 204 Å². The van der Waals surface area contributed by atoms with Gasteiger partial charge in [0.15, 0.2) is 5.65 Å². The number of anilines is 1. The smallest absolute Gasteiger partial charge is 0.307 e. The summed E-state index contributed by atoms with van der Waals surface area (Å²) in [5.41, 5.74) is 13.2. The van der Waals surface area contributed by atoms with Crippen molar-refractivity contribution in [1.82, 2.24) is 19.6 Å². The highest BCUT2D eigenvalue weighted by Gasteiger charge is 2.17. The number of nitrogens with two attached hydrogens (primary N) is 1. The molecule has 8 heteroatoms. The van der Waals surface area contributed by atoms with E-state index in [4.69, 9.17) is 15.8 Å². The number of nitrogens with zero attached hydrogens (tertiary/aromatic N) is 4. The molecule has 3 aromatic heterocycles. The fourth-order valence-corrected chi connectivity index (χ4v) is 4.24. The monoisotopic (exact) mass is 513 g/mol. The molecule has 0 saturated heterocycles. The number of carboxylic acids is 1. The molecule has 34 heavy (non-hydrogen) atoms. The zero-order valence-electron chi connectivity index (χ0n) is 18.0. The van der Waals surface area contributed by atoms with E-state index in [1.807, 2.05) is 72.9 Å². The van der Waals surface area contributed by atoms with Crippen molar-refractivity contribution in [2.45, 2.75) is 12.8 Å². The molecule has 5 aromatic rings. The molecule has 7 nitrogen and oxygen atoms in total. The van der Waals surface area contributed by atoms with Crippen molar-refractivity contribution in [3.05, 3.63) is 100 Å². The van der Waals surface area contributed by atoms with Crippen LogP contribution < -0.4 is 5.73 Å². The summed E-state index contributed by atoms with van der Waals surface area (Å²) in [6.07, 6.45) is 4.09. The van der Waals surface area contributed by atoms with E-state index in [1.54, 1.807) is 10.7 Å². The van der Waals surface area contributed by atoms with E-state index in [2.05, 4.69) is 26.0 Å². The Kier molecular flexibility index (Phi) is 5.81. The van der Waals surface area contributed by atoms with Crippen LogP contribution in [0.4, 0.5) is 5.82 Å². The molecule has 0 aliphatic heterocycles. The highest BCUT2D eigenvalue weighted by Crippen LogP contribution is 2.31. The predicted molar refractivity (Wildman–Crippen MR) is 134 cm³/mol. The molecule has 0 amide bonds. The minimum atomic E-state index is -0.852. The van der Waals surface area contributed by atoms with Gasteiger partial charge in [0.2, 0.25) is 0 Å². The molecule has 168 valence electrons. The van der Waals surface area contributed by atoms with Crippen LogP contribution in [0.1, 0.15) is 16.8 Å². The first-order valence-corrected chi connectivity index (χ1v) is 11.4. The Balaban J connectivity index is 1.49. The number of carboxylic acid groups (broad SMARTS) is 1. The van der Waals surface area contributed by atoms with Crippen LogP contribution in [-0.4, -0.2) is 30.7 Å². The van der Waals surface area contributed by atoms with Gasteiger partial charge in [0.25, 0.3) is 0 Å². The van der Waals surface area contributed by atoms with Gasteiger partial charge in [-0.3, -0.25) is 9.78 Å². The predicted octanol–water partition coefficient (Wildman–Crippen LogP) is 5.02. The molecule has 0 fully saturated rings. The molecule has 0 unspecified atom stereocenters. The number of aliphatic carboxylic acids is 1. The summed E-state index contributed by atoms with van der Waals surface area (Å²) in [5, 5.41) is 13.4. The lowest BCUT2D eigenvalue weighted by atomic mass is 10.1. The lowest BCUT2D eigenvalue weighted by Gasteiger charge is -2.10. The molecule has 5 rings (SSSR count). The summed E-state index contributed by atoms with van der Waals surface area (Å²) >= 11 is 3.57. The van der Waals surface area contributed by atoms with E-state index in [0.29, 0.717) is 22.4 Å². The van der Waals surface area contributed by atoms with Gasteiger partial charge in [0.05, 0.1) is 28.5 Å². The molecular formula is C26H20BrN5O2. The molecule has 0 radical (unpaired) electrons. The van der Waals surface area contributed by atoms with E-state index in [9.17, 15) is 4.79 Å². The highest BCUT2D eigenvalue weighted by atomic mass is 79.9. The fraction of sp³-hybridized carbons (Fsp3) is 0.0769. The third-order valence-electron chi connectivity index (χ3n) is 5.59. The van der Waals surface area contributed by atoms with Gasteiger partial charge in [-0.05, 0) is 33.1 Å². The molecule has 3 heterocycles. The van der Waals surface area contributed by atoms with Gasteiger partial charge >= 0.3 is 5.97 Å². The number of benzene rings is 2. The Morgan fingerprint density at radius 3 is 2.35 bits per heavy atom. The van der Waals surface area contributed by atoms with E-state index >= 15 is 0 Å². The van der Waals surface area contributed by atoms with Crippen LogP contribution in [-0.2, 0) is 17.6 Å². The van der Waals surface area contributed by atoms with E-state index < -0.39 is 5.97 Å². The maximum atomic E-state index is 10.9. The number of carbonyl (C=O) groups is 1. The Morgan fingerprint density at radius 2 is 1.68 bits per heavy atom. The number of hydrogen-bond donors (Lipinski definition) is 2. The number of fused-ring (bicyclic) bond motifs is 1. The van der Waals surface area contributed by atoms with Crippen LogP contribution in [0.2, 0.25) is 0 Å². The minimum Gasteiger partial charge on any atom is -0.481 e. The third kappa shape index (κ3) is 4.27. The summed E-state index contributed by atoms with van der Waals surface area (Å²) in [5.74, 6) is -0.391. The van der Waals surface area contributed by atoms with E-state index in [0.717, 1.165) is 39.2 Å². The molecule has 0 aliphatic rings. The lowest BCUT2D eigenvalue weighted by Crippen LogP contribution is -2.06. The minimum absolute atomic E-state index is 0.00257. The maximum Gasteiger partial charge on any atom is 0.307 e. The Morgan fingerprint density at radius 1 is 0.941 bits per heavy atom. The number of halogens is 1. The van der Waals surface area contributed by atoms with E-state index in [-0.39, 0.29) is 6.42 Å². The van der Waals surface area contributed by atoms with Gasteiger partial charge < -0.3 is 10.8 Å². The summed E-state index contributed by atoms with van der Waals surface area (Å²) in [6.45, 7) is 0. The average Bonchev–Trinajstić information content (AvgIpc) is 3.28. The molecule has 2 aromatic carbocycles. The molecular weight excluding hydrogens is 494 g/mol. The standard InChI is InChI=1S/C26H20BrN5O2/c27-24-22(12-16-6-8-17(9-7-16)13-23(33)34)31-26-20(15-30-32(26)25(24)28)19-10-11-21(29-14-19)18-4-2-1-3-5-18/h1-11,14-15H,12-13,28H2,(H,33,34). The first kappa shape index (κ1) is 21.8. The summed E-state index contributed by atoms with van der Waals surface area (Å²) in [4.78, 5) is 20.4. The van der Waals surface area contributed by atoms with Gasteiger partial charge in [-0.25, -0.2) is 4.98 Å². The SMILES string of the molecule is Nc1c(Br)c(Cc2ccc(CC(=O)O)cc2)nc2c(-c3ccc(-c4ccccc4)nc3)cnn12. The second-order valence-corrected chi connectivity index (χ2v) is 8.71. The number of hydrogen-bond acceptors (Lipinski definition) is 5. The van der Waals surface area contributed by atoms with Crippen molar-refractivity contribution in [2.75, 3.05) is 5.73 Å². The van der Waals surface area contributed by atoms with Gasteiger partial charge in [-0.1, -0.05) is 60.7 Å². The van der Waals surface area contributed by atoms with Crippen LogP contribution in [0.5, 0.6) is 0 Å². The Hall–Kier alpha value is -4.04. The van der Waals surface area contributed by atoms with Crippen molar-refractivity contribution in [3.63, 3.8) is 0 Å². The van der Waals surface area contributed by atoms with Crippen LogP contribution >= 0.6 is 15.9 Å². The average molecular weight is 514 g/mol. The zero-order valence-corrected chi connectivity index (χ0v) is 19.6. The topological polar surface area (TPSA) is 106 Å². The van der Waals surface area contributed by atoms with Gasteiger partial charge in [0, 0.05) is 29.3 Å². The van der Waals surface area contributed by atoms with Crippen molar-refractivity contribution in [3.8, 4) is 22.4 Å². The van der Waals surface area contributed by atoms with Crippen LogP contribution in [0.15, 0.2) is 83.6 Å². The van der Waals surface area contributed by atoms with Crippen molar-refractivity contribution >= 4 is 33.4 Å². The van der Waals surface area contributed by atoms with Gasteiger partial charge in [-0.2, -0.15) is 9.61 Å². The molecule has 0 atom stereocenters. The second-order valence-electron chi connectivity index (χ2n) is 7.91. The second kappa shape index (κ2) is 9.07. The number of rotatable bonds is 6. The number of aromatic nitrogens is 4. The number of pyridine rings is 1. The van der Waals surface area contributed by atoms with Crippen molar-refractivity contribution < 1.29 is 9.90 Å². The molecule has 3 N–H and O–H groups in total. The van der Waals surface area contributed by atoms with Crippen molar-refractivity contribution in [2.24, 2.45) is 0 Å². The molecule has 0 spiro atoms. The summed E-state index contributed by atoms with van der Waals surface area (Å²) in [7, 11) is 0. The summed E-state index contributed by atoms with van der Waals surface area (Å²) < 4.78 is 2.30. The van der Waals surface area contributed by atoms with Crippen molar-refractivity contribution in [1.29, 1.82) is 0 Å². The lowest BCUT2D eigenvalue weighted by molar-refractivity contribution is -0.136. The van der Waals surface area contributed by atoms with Crippen LogP contribution in [0.3, 0.4) is 0 Å². The zero-order chi connectivity index (χ0) is 23.7. The third-order valence-corrected chi connectivity index (χ3v) is 6.45. The normalized spacial score (nSPS) is 11.1. The molecule has 0 aliphatic carbocycles. The number of nitrogen functional groups attached to an aromatic ring is 1. The summed E-state index contributed by atoms with van der Waals surface area (Å²) in [6, 6.07) is 21.5. The largest absolute Gasteiger partial charge is 0.481 e. The van der Waals surface area contributed by atoms with Gasteiger partial charge in [-0.15, -0.1) is 0 Å². The quantitative estimate of drug-likeness (QED) is 0.330. The molecule has 0 bridgehead atoms.